The Kier molecular flexibility index (Phi) is 4.50. The molecule has 1 aromatic heterocycles. The SMILES string of the molecule is COc1cc2ncnc(Nc3ccc(B(O)O)cc3)c2cc1OC. The summed E-state index contributed by atoms with van der Waals surface area (Å²) in [6, 6.07) is 10.3. The van der Waals surface area contributed by atoms with Crippen LogP contribution >= 0.6 is 0 Å². The van der Waals surface area contributed by atoms with Gasteiger partial charge in [-0.3, -0.25) is 0 Å². The number of fused-ring (bicyclic) bond motifs is 1. The van der Waals surface area contributed by atoms with Crippen molar-refractivity contribution in [3.05, 3.63) is 42.7 Å². The molecule has 0 aliphatic heterocycles. The molecule has 3 rings (SSSR count). The van der Waals surface area contributed by atoms with E-state index in [2.05, 4.69) is 15.3 Å². The summed E-state index contributed by atoms with van der Waals surface area (Å²) in [6.45, 7) is 0. The van der Waals surface area contributed by atoms with Crippen LogP contribution in [0.25, 0.3) is 10.9 Å². The van der Waals surface area contributed by atoms with Gasteiger partial charge in [-0.15, -0.1) is 0 Å². The summed E-state index contributed by atoms with van der Waals surface area (Å²) in [7, 11) is 1.65. The zero-order chi connectivity index (χ0) is 17.1. The second-order valence-corrected chi connectivity index (χ2v) is 5.07. The van der Waals surface area contributed by atoms with Crippen LogP contribution in [0.4, 0.5) is 11.5 Å². The van der Waals surface area contributed by atoms with Gasteiger partial charge in [0.25, 0.3) is 0 Å². The van der Waals surface area contributed by atoms with Crippen LogP contribution in [0.5, 0.6) is 11.5 Å². The maximum atomic E-state index is 9.14. The number of anilines is 2. The summed E-state index contributed by atoms with van der Waals surface area (Å²) < 4.78 is 10.6. The third kappa shape index (κ3) is 3.10. The molecule has 0 radical (unpaired) electrons. The Balaban J connectivity index is 1.99. The first-order valence-electron chi connectivity index (χ1n) is 7.22. The molecule has 8 heteroatoms. The molecule has 24 heavy (non-hydrogen) atoms. The molecule has 7 nitrogen and oxygen atoms in total. The van der Waals surface area contributed by atoms with E-state index in [1.54, 1.807) is 44.6 Å². The minimum Gasteiger partial charge on any atom is -0.493 e. The van der Waals surface area contributed by atoms with Crippen molar-refractivity contribution in [3.8, 4) is 11.5 Å². The van der Waals surface area contributed by atoms with E-state index in [1.165, 1.54) is 6.33 Å². The molecule has 0 saturated carbocycles. The first-order chi connectivity index (χ1) is 11.6. The molecule has 0 aliphatic carbocycles. The topological polar surface area (TPSA) is 96.7 Å². The van der Waals surface area contributed by atoms with Crippen molar-refractivity contribution in [1.82, 2.24) is 9.97 Å². The lowest BCUT2D eigenvalue weighted by atomic mass is 9.80. The van der Waals surface area contributed by atoms with E-state index in [0.717, 1.165) is 11.1 Å². The van der Waals surface area contributed by atoms with Crippen molar-refractivity contribution >= 4 is 35.0 Å². The second-order valence-electron chi connectivity index (χ2n) is 5.07. The van der Waals surface area contributed by atoms with Gasteiger partial charge in [0.15, 0.2) is 11.5 Å². The third-order valence-electron chi connectivity index (χ3n) is 3.61. The molecule has 3 aromatic rings. The normalized spacial score (nSPS) is 10.5. The van der Waals surface area contributed by atoms with Gasteiger partial charge in [-0.2, -0.15) is 0 Å². The van der Waals surface area contributed by atoms with E-state index in [0.29, 0.717) is 28.3 Å². The first-order valence-corrected chi connectivity index (χ1v) is 7.22. The van der Waals surface area contributed by atoms with E-state index in [1.807, 2.05) is 6.07 Å². The third-order valence-corrected chi connectivity index (χ3v) is 3.61. The van der Waals surface area contributed by atoms with Gasteiger partial charge >= 0.3 is 7.12 Å². The van der Waals surface area contributed by atoms with Gasteiger partial charge in [-0.05, 0) is 23.7 Å². The largest absolute Gasteiger partial charge is 0.493 e. The number of nitrogens with zero attached hydrogens (tertiary/aromatic N) is 2. The highest BCUT2D eigenvalue weighted by atomic mass is 16.5. The monoisotopic (exact) mass is 325 g/mol. The number of benzene rings is 2. The molecule has 1 heterocycles. The van der Waals surface area contributed by atoms with E-state index in [9.17, 15) is 0 Å². The lowest BCUT2D eigenvalue weighted by Crippen LogP contribution is -2.29. The average Bonchev–Trinajstić information content (AvgIpc) is 2.61. The lowest BCUT2D eigenvalue weighted by Gasteiger charge is -2.12. The van der Waals surface area contributed by atoms with Gasteiger partial charge in [-0.1, -0.05) is 12.1 Å². The lowest BCUT2D eigenvalue weighted by molar-refractivity contribution is 0.356. The number of hydrogen-bond donors (Lipinski definition) is 3. The van der Waals surface area contributed by atoms with Crippen LogP contribution in [0.1, 0.15) is 0 Å². The molecule has 2 aromatic carbocycles. The highest BCUT2D eigenvalue weighted by Gasteiger charge is 2.12. The Morgan fingerprint density at radius 2 is 1.62 bits per heavy atom. The van der Waals surface area contributed by atoms with E-state index in [-0.39, 0.29) is 0 Å². The maximum Gasteiger partial charge on any atom is 0.488 e. The fraction of sp³-hybridized carbons (Fsp3) is 0.125. The van der Waals surface area contributed by atoms with Crippen molar-refractivity contribution < 1.29 is 19.5 Å². The Morgan fingerprint density at radius 1 is 0.958 bits per heavy atom. The van der Waals surface area contributed by atoms with Gasteiger partial charge in [0.2, 0.25) is 0 Å². The molecule has 122 valence electrons. The maximum absolute atomic E-state index is 9.14. The Hall–Kier alpha value is -2.84. The summed E-state index contributed by atoms with van der Waals surface area (Å²) in [5.41, 5.74) is 1.89. The van der Waals surface area contributed by atoms with Crippen molar-refractivity contribution in [2.24, 2.45) is 0 Å². The van der Waals surface area contributed by atoms with Crippen LogP contribution in [0.2, 0.25) is 0 Å². The molecule has 0 spiro atoms. The van der Waals surface area contributed by atoms with E-state index >= 15 is 0 Å². The first kappa shape index (κ1) is 16.0. The molecule has 0 bridgehead atoms. The number of hydrogen-bond acceptors (Lipinski definition) is 7. The predicted molar refractivity (Wildman–Crippen MR) is 92.2 cm³/mol. The summed E-state index contributed by atoms with van der Waals surface area (Å²) >= 11 is 0. The second kappa shape index (κ2) is 6.73. The van der Waals surface area contributed by atoms with E-state index < -0.39 is 7.12 Å². The summed E-state index contributed by atoms with van der Waals surface area (Å²) in [4.78, 5) is 8.53. The van der Waals surface area contributed by atoms with Gasteiger partial charge in [0.1, 0.15) is 12.1 Å². The van der Waals surface area contributed by atoms with Crippen LogP contribution in [0.15, 0.2) is 42.7 Å². The van der Waals surface area contributed by atoms with Gasteiger partial charge in [0.05, 0.1) is 19.7 Å². The Labute approximate surface area is 139 Å². The average molecular weight is 325 g/mol. The van der Waals surface area contributed by atoms with E-state index in [4.69, 9.17) is 19.5 Å². The van der Waals surface area contributed by atoms with Crippen molar-refractivity contribution in [1.29, 1.82) is 0 Å². The fourth-order valence-corrected chi connectivity index (χ4v) is 2.36. The van der Waals surface area contributed by atoms with Crippen LogP contribution in [0, 0.1) is 0 Å². The summed E-state index contributed by atoms with van der Waals surface area (Å²) in [6.07, 6.45) is 1.46. The molecule has 0 saturated heterocycles. The van der Waals surface area contributed by atoms with Crippen LogP contribution in [-0.2, 0) is 0 Å². The number of rotatable bonds is 5. The highest BCUT2D eigenvalue weighted by Crippen LogP contribution is 2.34. The smallest absolute Gasteiger partial charge is 0.488 e. The molecule has 0 fully saturated rings. The molecule has 0 amide bonds. The van der Waals surface area contributed by atoms with Crippen molar-refractivity contribution in [3.63, 3.8) is 0 Å². The van der Waals surface area contributed by atoms with Crippen LogP contribution in [0.3, 0.4) is 0 Å². The number of methoxy groups -OCH3 is 2. The number of nitrogens with one attached hydrogen (secondary N) is 1. The molecular formula is C16H16BN3O4. The van der Waals surface area contributed by atoms with Crippen LogP contribution in [-0.4, -0.2) is 41.4 Å². The molecule has 3 N–H and O–H groups in total. The minimum absolute atomic E-state index is 0.416. The quantitative estimate of drug-likeness (QED) is 0.604. The number of aromatic nitrogens is 2. The highest BCUT2D eigenvalue weighted by molar-refractivity contribution is 6.58. The Bertz CT molecular complexity index is 856. The number of ether oxygens (including phenoxy) is 2. The Morgan fingerprint density at radius 3 is 2.25 bits per heavy atom. The fourth-order valence-electron chi connectivity index (χ4n) is 2.36. The summed E-state index contributed by atoms with van der Waals surface area (Å²) in [5.74, 6) is 1.79. The standard InChI is InChI=1S/C16H16BN3O4/c1-23-14-7-12-13(8-15(14)24-2)18-9-19-16(12)20-11-5-3-10(4-6-11)17(21)22/h3-9,21-22H,1-2H3,(H,18,19,20). The molecule has 0 unspecified atom stereocenters. The van der Waals surface area contributed by atoms with Crippen molar-refractivity contribution in [2.75, 3.05) is 19.5 Å². The van der Waals surface area contributed by atoms with Gasteiger partial charge in [-0.25, -0.2) is 9.97 Å². The summed E-state index contributed by atoms with van der Waals surface area (Å²) in [5, 5.41) is 22.3. The van der Waals surface area contributed by atoms with Crippen molar-refractivity contribution in [2.45, 2.75) is 0 Å². The van der Waals surface area contributed by atoms with Gasteiger partial charge in [0, 0.05) is 17.1 Å². The molecular weight excluding hydrogens is 309 g/mol. The molecule has 0 atom stereocenters. The minimum atomic E-state index is -1.49. The predicted octanol–water partition coefficient (Wildman–Crippen LogP) is 1.07. The van der Waals surface area contributed by atoms with Crippen LogP contribution < -0.4 is 20.3 Å². The molecule has 0 aliphatic rings. The zero-order valence-corrected chi connectivity index (χ0v) is 13.2. The zero-order valence-electron chi connectivity index (χ0n) is 13.2. The van der Waals surface area contributed by atoms with Gasteiger partial charge < -0.3 is 24.8 Å².